The highest BCUT2D eigenvalue weighted by Gasteiger charge is 2.36. The van der Waals surface area contributed by atoms with Crippen LogP contribution in [0.3, 0.4) is 0 Å². The second-order valence-electron chi connectivity index (χ2n) is 12.4. The number of nitrogens with zero attached hydrogens (tertiary/aromatic N) is 2. The minimum Gasteiger partial charge on any atom is -0.497 e. The predicted octanol–water partition coefficient (Wildman–Crippen LogP) is 6.06. The van der Waals surface area contributed by atoms with Crippen molar-refractivity contribution >= 4 is 27.5 Å². The molecule has 0 aliphatic carbocycles. The normalized spacial score (nSPS) is 12.2. The van der Waals surface area contributed by atoms with E-state index in [1.54, 1.807) is 43.5 Å². The molecule has 0 heterocycles. The van der Waals surface area contributed by atoms with Gasteiger partial charge in [-0.15, -0.1) is 0 Å². The number of aryl methyl sites for hydroxylation is 1. The Morgan fingerprint density at radius 3 is 2.07 bits per heavy atom. The van der Waals surface area contributed by atoms with E-state index in [-0.39, 0.29) is 23.8 Å². The number of ether oxygens (including phenoxy) is 1. The Morgan fingerprint density at radius 1 is 0.826 bits per heavy atom. The first-order valence-corrected chi connectivity index (χ1v) is 16.7. The van der Waals surface area contributed by atoms with Crippen LogP contribution >= 0.6 is 0 Å². The molecule has 0 bridgehead atoms. The van der Waals surface area contributed by atoms with Gasteiger partial charge in [0.1, 0.15) is 18.3 Å². The third kappa shape index (κ3) is 8.54. The van der Waals surface area contributed by atoms with Crippen molar-refractivity contribution in [3.63, 3.8) is 0 Å². The van der Waals surface area contributed by atoms with E-state index >= 15 is 0 Å². The van der Waals surface area contributed by atoms with Crippen molar-refractivity contribution in [2.75, 3.05) is 18.0 Å². The van der Waals surface area contributed by atoms with Gasteiger partial charge in [0.15, 0.2) is 0 Å². The fourth-order valence-corrected chi connectivity index (χ4v) is 6.71. The predicted molar refractivity (Wildman–Crippen MR) is 182 cm³/mol. The largest absolute Gasteiger partial charge is 0.497 e. The van der Waals surface area contributed by atoms with E-state index in [2.05, 4.69) is 5.32 Å². The Balaban J connectivity index is 1.85. The molecule has 2 amide bonds. The van der Waals surface area contributed by atoms with E-state index in [0.717, 1.165) is 26.6 Å². The van der Waals surface area contributed by atoms with Gasteiger partial charge in [0.2, 0.25) is 11.8 Å². The molecule has 1 atom stereocenters. The molecule has 0 fully saturated rings. The van der Waals surface area contributed by atoms with Crippen molar-refractivity contribution in [2.24, 2.45) is 0 Å². The van der Waals surface area contributed by atoms with Gasteiger partial charge in [0.05, 0.1) is 17.7 Å². The van der Waals surface area contributed by atoms with Crippen LogP contribution in [0.25, 0.3) is 0 Å². The Hall–Kier alpha value is -4.63. The quantitative estimate of drug-likeness (QED) is 0.203. The number of benzene rings is 4. The highest BCUT2D eigenvalue weighted by atomic mass is 32.2. The lowest BCUT2D eigenvalue weighted by molar-refractivity contribution is -0.140. The topological polar surface area (TPSA) is 96.0 Å². The summed E-state index contributed by atoms with van der Waals surface area (Å²) in [6.07, 6.45) is 0.230. The zero-order valence-corrected chi connectivity index (χ0v) is 28.2. The highest BCUT2D eigenvalue weighted by molar-refractivity contribution is 7.92. The summed E-state index contributed by atoms with van der Waals surface area (Å²) < 4.78 is 35.1. The van der Waals surface area contributed by atoms with Gasteiger partial charge in [-0.05, 0) is 87.2 Å². The Labute approximate surface area is 273 Å². The maximum Gasteiger partial charge on any atom is 0.264 e. The van der Waals surface area contributed by atoms with E-state index < -0.39 is 34.1 Å². The first-order chi connectivity index (χ1) is 21.8. The first kappa shape index (κ1) is 34.2. The number of hydrogen-bond donors (Lipinski definition) is 1. The molecular weight excluding hydrogens is 598 g/mol. The van der Waals surface area contributed by atoms with Gasteiger partial charge < -0.3 is 15.0 Å². The van der Waals surface area contributed by atoms with Crippen LogP contribution in [0.4, 0.5) is 5.69 Å². The van der Waals surface area contributed by atoms with Crippen LogP contribution in [0.1, 0.15) is 43.0 Å². The van der Waals surface area contributed by atoms with E-state index in [1.165, 1.54) is 17.0 Å². The molecule has 0 aliphatic heterocycles. The average Bonchev–Trinajstić information content (AvgIpc) is 3.03. The van der Waals surface area contributed by atoms with Gasteiger partial charge in [-0.2, -0.15) is 0 Å². The lowest BCUT2D eigenvalue weighted by Crippen LogP contribution is -2.56. The molecule has 0 spiro atoms. The Morgan fingerprint density at radius 2 is 1.43 bits per heavy atom. The molecule has 0 saturated carbocycles. The van der Waals surface area contributed by atoms with Gasteiger partial charge in [0.25, 0.3) is 10.0 Å². The lowest BCUT2D eigenvalue weighted by atomic mass is 10.0. The minimum absolute atomic E-state index is 0.0527. The molecule has 0 aromatic heterocycles. The monoisotopic (exact) mass is 641 g/mol. The van der Waals surface area contributed by atoms with E-state index in [0.29, 0.717) is 11.4 Å². The minimum atomic E-state index is -4.17. The van der Waals surface area contributed by atoms with Crippen molar-refractivity contribution in [3.8, 4) is 5.75 Å². The number of rotatable bonds is 12. The number of methoxy groups -OCH3 is 1. The number of carbonyl (C=O) groups is 2. The smallest absolute Gasteiger partial charge is 0.264 e. The van der Waals surface area contributed by atoms with Crippen molar-refractivity contribution in [3.05, 3.63) is 125 Å². The van der Waals surface area contributed by atoms with Crippen molar-refractivity contribution in [1.29, 1.82) is 0 Å². The molecule has 0 radical (unpaired) electrons. The molecule has 0 saturated heterocycles. The van der Waals surface area contributed by atoms with Gasteiger partial charge in [-0.1, -0.05) is 72.8 Å². The highest BCUT2D eigenvalue weighted by Crippen LogP contribution is 2.29. The summed E-state index contributed by atoms with van der Waals surface area (Å²) in [6.45, 7) is 8.92. The molecule has 4 aromatic carbocycles. The molecular formula is C37H43N3O5S. The average molecular weight is 642 g/mol. The summed E-state index contributed by atoms with van der Waals surface area (Å²) in [4.78, 5) is 30.3. The first-order valence-electron chi connectivity index (χ1n) is 15.2. The van der Waals surface area contributed by atoms with Crippen LogP contribution in [-0.4, -0.2) is 50.4 Å². The number of sulfonamides is 1. The molecule has 4 rings (SSSR count). The number of amides is 2. The molecule has 0 aliphatic rings. The third-order valence-corrected chi connectivity index (χ3v) is 9.49. The van der Waals surface area contributed by atoms with Gasteiger partial charge in [-0.25, -0.2) is 8.42 Å². The zero-order valence-electron chi connectivity index (χ0n) is 27.4. The third-order valence-electron chi connectivity index (χ3n) is 7.71. The van der Waals surface area contributed by atoms with Crippen LogP contribution in [0, 0.1) is 13.8 Å². The van der Waals surface area contributed by atoms with Crippen molar-refractivity contribution < 1.29 is 22.7 Å². The van der Waals surface area contributed by atoms with Crippen LogP contribution in [0.2, 0.25) is 0 Å². The summed E-state index contributed by atoms with van der Waals surface area (Å²) >= 11 is 0. The SMILES string of the molecule is COc1cccc(CN(C(=O)CN(c2cccc(C)c2C)S(=O)(=O)c2ccccc2)[C@H](Cc2ccccc2)C(=O)NC(C)(C)C)c1. The summed E-state index contributed by atoms with van der Waals surface area (Å²) in [5.41, 5.74) is 3.05. The maximum atomic E-state index is 14.7. The van der Waals surface area contributed by atoms with Crippen LogP contribution in [-0.2, 0) is 32.6 Å². The van der Waals surface area contributed by atoms with Gasteiger partial charge in [0, 0.05) is 18.5 Å². The van der Waals surface area contributed by atoms with E-state index in [4.69, 9.17) is 4.74 Å². The number of nitrogens with one attached hydrogen (secondary N) is 1. The lowest BCUT2D eigenvalue weighted by Gasteiger charge is -2.35. The fraction of sp³-hybridized carbons (Fsp3) is 0.297. The fourth-order valence-electron chi connectivity index (χ4n) is 5.21. The summed E-state index contributed by atoms with van der Waals surface area (Å²) in [7, 11) is -2.61. The second-order valence-corrected chi connectivity index (χ2v) is 14.2. The maximum absolute atomic E-state index is 14.7. The molecule has 8 nitrogen and oxygen atoms in total. The molecule has 0 unspecified atom stereocenters. The Kier molecular flexibility index (Phi) is 10.9. The van der Waals surface area contributed by atoms with Crippen LogP contribution in [0.5, 0.6) is 5.75 Å². The summed E-state index contributed by atoms with van der Waals surface area (Å²) in [5.74, 6) is -0.252. The molecule has 1 N–H and O–H groups in total. The van der Waals surface area contributed by atoms with Crippen molar-refractivity contribution in [1.82, 2.24) is 10.2 Å². The molecule has 9 heteroatoms. The number of anilines is 1. The zero-order chi connectivity index (χ0) is 33.5. The van der Waals surface area contributed by atoms with Crippen LogP contribution in [0.15, 0.2) is 108 Å². The van der Waals surface area contributed by atoms with Crippen LogP contribution < -0.4 is 14.4 Å². The summed E-state index contributed by atoms with van der Waals surface area (Å²) in [5, 5.41) is 3.05. The number of hydrogen-bond acceptors (Lipinski definition) is 5. The molecule has 4 aromatic rings. The van der Waals surface area contributed by atoms with Gasteiger partial charge >= 0.3 is 0 Å². The van der Waals surface area contributed by atoms with E-state index in [9.17, 15) is 18.0 Å². The van der Waals surface area contributed by atoms with Crippen molar-refractivity contribution in [2.45, 2.75) is 64.1 Å². The Bertz CT molecular complexity index is 1750. The standard InChI is InChI=1S/C37H43N3O5S/c1-27-15-13-22-33(28(27)2)40(46(43,44)32-20-11-8-12-21-32)26-35(41)39(25-30-18-14-19-31(23-30)45-6)34(36(42)38-37(3,4)5)24-29-16-9-7-10-17-29/h7-23,34H,24-26H2,1-6H3,(H,38,42)/t34-/m1/s1. The molecule has 242 valence electrons. The number of carbonyl (C=O) groups excluding carboxylic acids is 2. The molecule has 46 heavy (non-hydrogen) atoms. The summed E-state index contributed by atoms with van der Waals surface area (Å²) in [6, 6.07) is 29.3. The van der Waals surface area contributed by atoms with Gasteiger partial charge in [-0.3, -0.25) is 13.9 Å². The van der Waals surface area contributed by atoms with E-state index in [1.807, 2.05) is 89.2 Å². The second kappa shape index (κ2) is 14.6.